The first-order valence-corrected chi connectivity index (χ1v) is 6.91. The summed E-state index contributed by atoms with van der Waals surface area (Å²) in [6.07, 6.45) is 5.07. The van der Waals surface area contributed by atoms with Gasteiger partial charge < -0.3 is 5.11 Å². The minimum absolute atomic E-state index is 0.391. The smallest absolute Gasteiger partial charge is 0.328 e. The monoisotopic (exact) mass is 253 g/mol. The summed E-state index contributed by atoms with van der Waals surface area (Å²) in [7, 11) is 0. The molecule has 0 aromatic heterocycles. The second-order valence-corrected chi connectivity index (χ2v) is 6.60. The molecule has 0 amide bonds. The number of nitrogens with zero attached hydrogens (tertiary/aromatic N) is 1. The van der Waals surface area contributed by atoms with Gasteiger partial charge in [-0.25, -0.2) is 4.79 Å². The van der Waals surface area contributed by atoms with Gasteiger partial charge in [-0.15, -0.1) is 0 Å². The molecule has 1 heterocycles. The first-order chi connectivity index (χ1) is 8.29. The molecule has 18 heavy (non-hydrogen) atoms. The highest BCUT2D eigenvalue weighted by Gasteiger charge is 2.26. The van der Waals surface area contributed by atoms with E-state index >= 15 is 0 Å². The quantitative estimate of drug-likeness (QED) is 0.785. The molecule has 1 atom stereocenters. The van der Waals surface area contributed by atoms with Gasteiger partial charge in [-0.2, -0.15) is 0 Å². The van der Waals surface area contributed by atoms with Crippen LogP contribution in [0.1, 0.15) is 47.0 Å². The topological polar surface area (TPSA) is 40.5 Å². The molecule has 1 unspecified atom stereocenters. The van der Waals surface area contributed by atoms with E-state index in [1.807, 2.05) is 6.92 Å². The first kappa shape index (κ1) is 15.2. The van der Waals surface area contributed by atoms with Crippen LogP contribution in [0.3, 0.4) is 0 Å². The number of carboxylic acids is 1. The Morgan fingerprint density at radius 2 is 2.00 bits per heavy atom. The van der Waals surface area contributed by atoms with E-state index < -0.39 is 5.97 Å². The van der Waals surface area contributed by atoms with Gasteiger partial charge in [0.15, 0.2) is 0 Å². The Morgan fingerprint density at radius 3 is 2.56 bits per heavy atom. The van der Waals surface area contributed by atoms with Crippen molar-refractivity contribution in [3.63, 3.8) is 0 Å². The van der Waals surface area contributed by atoms with Crippen LogP contribution >= 0.6 is 0 Å². The summed E-state index contributed by atoms with van der Waals surface area (Å²) >= 11 is 0. The molecule has 1 aliphatic heterocycles. The summed E-state index contributed by atoms with van der Waals surface area (Å²) in [6, 6.07) is 0. The minimum Gasteiger partial charge on any atom is -0.478 e. The van der Waals surface area contributed by atoms with Gasteiger partial charge in [0, 0.05) is 12.6 Å². The number of rotatable bonds is 3. The van der Waals surface area contributed by atoms with Gasteiger partial charge >= 0.3 is 5.97 Å². The molecule has 1 aliphatic rings. The third kappa shape index (κ3) is 5.21. The maximum atomic E-state index is 10.6. The van der Waals surface area contributed by atoms with Crippen LogP contribution < -0.4 is 0 Å². The molecular formula is C15H27NO2. The van der Waals surface area contributed by atoms with Crippen LogP contribution in [0.2, 0.25) is 0 Å². The second-order valence-electron chi connectivity index (χ2n) is 6.60. The molecule has 1 fully saturated rings. The number of hydrogen-bond donors (Lipinski definition) is 1. The van der Waals surface area contributed by atoms with E-state index in [1.165, 1.54) is 25.3 Å². The van der Waals surface area contributed by atoms with Crippen molar-refractivity contribution in [3.8, 4) is 0 Å². The van der Waals surface area contributed by atoms with Crippen molar-refractivity contribution in [1.82, 2.24) is 4.90 Å². The predicted octanol–water partition coefficient (Wildman–Crippen LogP) is 3.17. The molecule has 0 radical (unpaired) electrons. The highest BCUT2D eigenvalue weighted by atomic mass is 16.4. The third-order valence-electron chi connectivity index (χ3n) is 3.89. The van der Waals surface area contributed by atoms with Crippen LogP contribution in [0.15, 0.2) is 11.6 Å². The second kappa shape index (κ2) is 6.37. The number of likely N-dealkylation sites (tertiary alicyclic amines) is 1. The van der Waals surface area contributed by atoms with Gasteiger partial charge in [-0.1, -0.05) is 26.3 Å². The van der Waals surface area contributed by atoms with Gasteiger partial charge in [0.1, 0.15) is 0 Å². The maximum absolute atomic E-state index is 10.6. The Balaban J connectivity index is 2.50. The molecule has 0 aromatic rings. The van der Waals surface area contributed by atoms with Crippen LogP contribution in [0.4, 0.5) is 0 Å². The Labute approximate surface area is 111 Å². The summed E-state index contributed by atoms with van der Waals surface area (Å²) in [5, 5.41) is 8.72. The lowest BCUT2D eigenvalue weighted by atomic mass is 9.77. The molecule has 1 rings (SSSR count). The van der Waals surface area contributed by atoms with E-state index in [2.05, 4.69) is 25.7 Å². The van der Waals surface area contributed by atoms with Crippen molar-refractivity contribution in [2.45, 2.75) is 47.0 Å². The Bertz CT molecular complexity index is 315. The Kier molecular flexibility index (Phi) is 5.39. The Morgan fingerprint density at radius 1 is 1.33 bits per heavy atom. The Hall–Kier alpha value is -0.830. The number of carbonyl (C=O) groups is 1. The van der Waals surface area contributed by atoms with Crippen molar-refractivity contribution in [3.05, 3.63) is 11.6 Å². The average molecular weight is 253 g/mol. The zero-order valence-corrected chi connectivity index (χ0v) is 12.2. The molecule has 0 saturated carbocycles. The van der Waals surface area contributed by atoms with Gasteiger partial charge in [-0.3, -0.25) is 4.90 Å². The van der Waals surface area contributed by atoms with Crippen molar-refractivity contribution in [2.24, 2.45) is 11.3 Å². The SMILES string of the molecule is CC(=CC(=O)O)CN1CCCC(C(C)(C)C)CC1. The summed E-state index contributed by atoms with van der Waals surface area (Å²) in [5.74, 6) is -0.0545. The van der Waals surface area contributed by atoms with Gasteiger partial charge in [0.2, 0.25) is 0 Å². The van der Waals surface area contributed by atoms with E-state index in [0.717, 1.165) is 31.1 Å². The molecule has 0 spiro atoms. The molecule has 0 bridgehead atoms. The van der Waals surface area contributed by atoms with Crippen LogP contribution in [0.5, 0.6) is 0 Å². The van der Waals surface area contributed by atoms with E-state index in [1.54, 1.807) is 0 Å². The lowest BCUT2D eigenvalue weighted by molar-refractivity contribution is -0.131. The summed E-state index contributed by atoms with van der Waals surface area (Å²) in [6.45, 7) is 11.8. The number of carboxylic acid groups (broad SMARTS) is 1. The van der Waals surface area contributed by atoms with Gasteiger partial charge in [0.05, 0.1) is 0 Å². The first-order valence-electron chi connectivity index (χ1n) is 6.91. The van der Waals surface area contributed by atoms with Crippen molar-refractivity contribution >= 4 is 5.97 Å². The van der Waals surface area contributed by atoms with Crippen molar-refractivity contribution in [2.75, 3.05) is 19.6 Å². The highest BCUT2D eigenvalue weighted by Crippen LogP contribution is 2.34. The maximum Gasteiger partial charge on any atom is 0.328 e. The molecule has 1 N–H and O–H groups in total. The average Bonchev–Trinajstić information content (AvgIpc) is 2.40. The van der Waals surface area contributed by atoms with E-state index in [0.29, 0.717) is 5.41 Å². The van der Waals surface area contributed by atoms with E-state index in [4.69, 9.17) is 5.11 Å². The molecular weight excluding hydrogens is 226 g/mol. The fourth-order valence-corrected chi connectivity index (χ4v) is 2.79. The normalized spacial score (nSPS) is 23.8. The standard InChI is InChI=1S/C15H27NO2/c1-12(10-14(17)18)11-16-8-5-6-13(7-9-16)15(2,3)4/h10,13H,5-9,11H2,1-4H3,(H,17,18). The van der Waals surface area contributed by atoms with Crippen LogP contribution in [0.25, 0.3) is 0 Å². The fourth-order valence-electron chi connectivity index (χ4n) is 2.79. The zero-order valence-electron chi connectivity index (χ0n) is 12.2. The lowest BCUT2D eigenvalue weighted by Gasteiger charge is -2.29. The molecule has 1 saturated heterocycles. The minimum atomic E-state index is -0.838. The molecule has 104 valence electrons. The van der Waals surface area contributed by atoms with E-state index in [9.17, 15) is 4.79 Å². The molecule has 3 heteroatoms. The molecule has 3 nitrogen and oxygen atoms in total. The molecule has 0 aromatic carbocycles. The summed E-state index contributed by atoms with van der Waals surface area (Å²) < 4.78 is 0. The third-order valence-corrected chi connectivity index (χ3v) is 3.89. The number of aliphatic carboxylic acids is 1. The highest BCUT2D eigenvalue weighted by molar-refractivity contribution is 5.80. The zero-order chi connectivity index (χ0) is 13.8. The van der Waals surface area contributed by atoms with Crippen LogP contribution in [-0.2, 0) is 4.79 Å². The molecule has 0 aliphatic carbocycles. The summed E-state index contributed by atoms with van der Waals surface area (Å²) in [5.41, 5.74) is 1.33. The largest absolute Gasteiger partial charge is 0.478 e. The number of hydrogen-bond acceptors (Lipinski definition) is 2. The summed E-state index contributed by atoms with van der Waals surface area (Å²) in [4.78, 5) is 13.0. The van der Waals surface area contributed by atoms with Crippen molar-refractivity contribution < 1.29 is 9.90 Å². The van der Waals surface area contributed by atoms with Gasteiger partial charge in [-0.05, 0) is 50.6 Å². The van der Waals surface area contributed by atoms with Gasteiger partial charge in [0.25, 0.3) is 0 Å². The lowest BCUT2D eigenvalue weighted by Crippen LogP contribution is -2.28. The van der Waals surface area contributed by atoms with Crippen molar-refractivity contribution in [1.29, 1.82) is 0 Å². The fraction of sp³-hybridized carbons (Fsp3) is 0.800. The van der Waals surface area contributed by atoms with Crippen LogP contribution in [-0.4, -0.2) is 35.6 Å². The predicted molar refractivity (Wildman–Crippen MR) is 74.6 cm³/mol. The van der Waals surface area contributed by atoms with Crippen LogP contribution in [0, 0.1) is 11.3 Å². The van der Waals surface area contributed by atoms with E-state index in [-0.39, 0.29) is 0 Å².